The predicted octanol–water partition coefficient (Wildman–Crippen LogP) is 3.73. The number of hydrogen-bond acceptors (Lipinski definition) is 5. The number of Topliss-reactive ketones (excluding diaryl/α,β-unsaturated/α-hetero) is 1. The Labute approximate surface area is 162 Å². The maximum absolute atomic E-state index is 12.5. The Morgan fingerprint density at radius 2 is 1.78 bits per heavy atom. The number of aromatic nitrogens is 2. The maximum Gasteiger partial charge on any atom is 0.223 e. The highest BCUT2D eigenvalue weighted by Crippen LogP contribution is 2.27. The normalized spacial score (nSPS) is 21.4. The molecule has 0 aromatic carbocycles. The van der Waals surface area contributed by atoms with Crippen molar-refractivity contribution >= 4 is 11.7 Å². The van der Waals surface area contributed by atoms with E-state index in [1.807, 2.05) is 11.8 Å². The van der Waals surface area contributed by atoms with Crippen molar-refractivity contribution in [3.8, 4) is 0 Å². The third-order valence-electron chi connectivity index (χ3n) is 6.13. The minimum Gasteiger partial charge on any atom is -0.425 e. The summed E-state index contributed by atoms with van der Waals surface area (Å²) in [6.45, 7) is 3.22. The monoisotopic (exact) mass is 375 g/mol. The number of aryl methyl sites for hydroxylation is 2. The van der Waals surface area contributed by atoms with E-state index in [4.69, 9.17) is 4.42 Å². The lowest BCUT2D eigenvalue weighted by Crippen LogP contribution is -2.42. The van der Waals surface area contributed by atoms with Crippen molar-refractivity contribution in [1.29, 1.82) is 0 Å². The zero-order valence-electron chi connectivity index (χ0n) is 16.6. The van der Waals surface area contributed by atoms with Crippen LogP contribution in [0.4, 0.5) is 0 Å². The van der Waals surface area contributed by atoms with E-state index in [1.165, 1.54) is 32.1 Å². The SMILES string of the molecule is CCC(=O)C1CCCN(C(=O)CCc2nnc(CCC3CCCCC3)o2)C1. The van der Waals surface area contributed by atoms with Gasteiger partial charge in [-0.2, -0.15) is 0 Å². The topological polar surface area (TPSA) is 76.3 Å². The highest BCUT2D eigenvalue weighted by molar-refractivity contribution is 5.82. The Morgan fingerprint density at radius 3 is 2.52 bits per heavy atom. The van der Waals surface area contributed by atoms with Crippen LogP contribution in [-0.2, 0) is 22.4 Å². The number of nitrogens with zero attached hydrogens (tertiary/aromatic N) is 3. The Hall–Kier alpha value is -1.72. The average Bonchev–Trinajstić information content (AvgIpc) is 3.18. The molecule has 1 unspecified atom stereocenters. The molecule has 1 aromatic rings. The lowest BCUT2D eigenvalue weighted by atomic mass is 9.86. The fraction of sp³-hybridized carbons (Fsp3) is 0.810. The molecule has 1 saturated carbocycles. The van der Waals surface area contributed by atoms with E-state index in [0.717, 1.165) is 38.1 Å². The van der Waals surface area contributed by atoms with Gasteiger partial charge in [0.1, 0.15) is 5.78 Å². The summed E-state index contributed by atoms with van der Waals surface area (Å²) in [5, 5.41) is 8.26. The standard InChI is InChI=1S/C21H33N3O3/c1-2-18(25)17-9-6-14-24(15-17)21(26)13-12-20-23-22-19(27-20)11-10-16-7-4-3-5-8-16/h16-17H,2-15H2,1H3. The molecule has 3 rings (SSSR count). The van der Waals surface area contributed by atoms with E-state index in [1.54, 1.807) is 0 Å². The number of amides is 1. The molecule has 0 spiro atoms. The van der Waals surface area contributed by atoms with Gasteiger partial charge >= 0.3 is 0 Å². The molecule has 150 valence electrons. The minimum absolute atomic E-state index is 0.0162. The zero-order chi connectivity index (χ0) is 19.1. The first-order valence-corrected chi connectivity index (χ1v) is 10.8. The van der Waals surface area contributed by atoms with Crippen LogP contribution < -0.4 is 0 Å². The van der Waals surface area contributed by atoms with Crippen LogP contribution in [-0.4, -0.2) is 39.9 Å². The zero-order valence-corrected chi connectivity index (χ0v) is 16.6. The molecular weight excluding hydrogens is 342 g/mol. The van der Waals surface area contributed by atoms with Crippen molar-refractivity contribution < 1.29 is 14.0 Å². The summed E-state index contributed by atoms with van der Waals surface area (Å²) in [5.74, 6) is 2.43. The number of rotatable bonds is 8. The summed E-state index contributed by atoms with van der Waals surface area (Å²) in [6.07, 6.45) is 11.9. The molecule has 1 atom stereocenters. The van der Waals surface area contributed by atoms with Gasteiger partial charge in [0.05, 0.1) is 0 Å². The molecule has 0 bridgehead atoms. The van der Waals surface area contributed by atoms with Crippen molar-refractivity contribution in [1.82, 2.24) is 15.1 Å². The molecule has 6 nitrogen and oxygen atoms in total. The van der Waals surface area contributed by atoms with Crippen molar-refractivity contribution in [2.24, 2.45) is 11.8 Å². The maximum atomic E-state index is 12.5. The van der Waals surface area contributed by atoms with Gasteiger partial charge in [-0.3, -0.25) is 9.59 Å². The van der Waals surface area contributed by atoms with Gasteiger partial charge in [-0.15, -0.1) is 10.2 Å². The second kappa shape index (κ2) is 10.00. The average molecular weight is 376 g/mol. The molecule has 27 heavy (non-hydrogen) atoms. The molecule has 1 saturated heterocycles. The number of piperidine rings is 1. The third kappa shape index (κ3) is 5.88. The summed E-state index contributed by atoms with van der Waals surface area (Å²) in [4.78, 5) is 26.2. The van der Waals surface area contributed by atoms with Crippen LogP contribution in [0.2, 0.25) is 0 Å². The summed E-state index contributed by atoms with van der Waals surface area (Å²) in [5.41, 5.74) is 0. The van der Waals surface area contributed by atoms with Gasteiger partial charge < -0.3 is 9.32 Å². The quantitative estimate of drug-likeness (QED) is 0.692. The van der Waals surface area contributed by atoms with Crippen LogP contribution >= 0.6 is 0 Å². The van der Waals surface area contributed by atoms with Gasteiger partial charge in [0.15, 0.2) is 0 Å². The predicted molar refractivity (Wildman–Crippen MR) is 102 cm³/mol. The van der Waals surface area contributed by atoms with E-state index in [-0.39, 0.29) is 17.6 Å². The highest BCUT2D eigenvalue weighted by atomic mass is 16.4. The van der Waals surface area contributed by atoms with Crippen molar-refractivity contribution in [3.05, 3.63) is 11.8 Å². The first-order valence-electron chi connectivity index (χ1n) is 10.8. The van der Waals surface area contributed by atoms with E-state index < -0.39 is 0 Å². The van der Waals surface area contributed by atoms with Crippen LogP contribution in [0.25, 0.3) is 0 Å². The Morgan fingerprint density at radius 1 is 1.04 bits per heavy atom. The smallest absolute Gasteiger partial charge is 0.223 e. The first kappa shape index (κ1) is 20.0. The number of carbonyl (C=O) groups excluding carboxylic acids is 2. The van der Waals surface area contributed by atoms with Crippen molar-refractivity contribution in [2.75, 3.05) is 13.1 Å². The number of ketones is 1. The van der Waals surface area contributed by atoms with E-state index in [2.05, 4.69) is 10.2 Å². The summed E-state index contributed by atoms with van der Waals surface area (Å²) >= 11 is 0. The molecule has 2 fully saturated rings. The second-order valence-electron chi connectivity index (χ2n) is 8.13. The summed E-state index contributed by atoms with van der Waals surface area (Å²) < 4.78 is 5.74. The second-order valence-corrected chi connectivity index (χ2v) is 8.13. The van der Waals surface area contributed by atoms with Crippen LogP contribution in [0.3, 0.4) is 0 Å². The van der Waals surface area contributed by atoms with Gasteiger partial charge in [-0.05, 0) is 25.2 Å². The van der Waals surface area contributed by atoms with Gasteiger partial charge in [0, 0.05) is 44.7 Å². The van der Waals surface area contributed by atoms with Crippen LogP contribution in [0.1, 0.15) is 82.9 Å². The van der Waals surface area contributed by atoms with Gasteiger partial charge in [0.25, 0.3) is 0 Å². The Bertz CT molecular complexity index is 622. The largest absolute Gasteiger partial charge is 0.425 e. The molecule has 2 aliphatic rings. The fourth-order valence-electron chi connectivity index (χ4n) is 4.42. The molecule has 1 amide bonds. The van der Waals surface area contributed by atoms with Gasteiger partial charge in [-0.1, -0.05) is 39.0 Å². The van der Waals surface area contributed by atoms with Crippen LogP contribution in [0, 0.1) is 11.8 Å². The van der Waals surface area contributed by atoms with E-state index in [0.29, 0.717) is 37.6 Å². The highest BCUT2D eigenvalue weighted by Gasteiger charge is 2.27. The minimum atomic E-state index is 0.0162. The van der Waals surface area contributed by atoms with E-state index >= 15 is 0 Å². The van der Waals surface area contributed by atoms with Crippen LogP contribution in [0.15, 0.2) is 4.42 Å². The van der Waals surface area contributed by atoms with E-state index in [9.17, 15) is 9.59 Å². The molecule has 6 heteroatoms. The molecular formula is C21H33N3O3. The molecule has 2 heterocycles. The lowest BCUT2D eigenvalue weighted by molar-refractivity contribution is -0.135. The molecule has 0 radical (unpaired) electrons. The summed E-state index contributed by atoms with van der Waals surface area (Å²) in [6, 6.07) is 0. The summed E-state index contributed by atoms with van der Waals surface area (Å²) in [7, 11) is 0. The van der Waals surface area contributed by atoms with Crippen molar-refractivity contribution in [3.63, 3.8) is 0 Å². The fourth-order valence-corrected chi connectivity index (χ4v) is 4.42. The molecule has 1 aromatic heterocycles. The number of hydrogen-bond donors (Lipinski definition) is 0. The van der Waals surface area contributed by atoms with Gasteiger partial charge in [-0.25, -0.2) is 0 Å². The molecule has 0 N–H and O–H groups in total. The third-order valence-corrected chi connectivity index (χ3v) is 6.13. The Balaban J connectivity index is 1.41. The molecule has 1 aliphatic carbocycles. The van der Waals surface area contributed by atoms with Gasteiger partial charge in [0.2, 0.25) is 17.7 Å². The van der Waals surface area contributed by atoms with Crippen LogP contribution in [0.5, 0.6) is 0 Å². The molecule has 1 aliphatic heterocycles. The number of likely N-dealkylation sites (tertiary alicyclic amines) is 1. The van der Waals surface area contributed by atoms with Crippen molar-refractivity contribution in [2.45, 2.75) is 84.0 Å². The Kier molecular flexibility index (Phi) is 7.41. The lowest BCUT2D eigenvalue weighted by Gasteiger charge is -2.32. The number of carbonyl (C=O) groups is 2. The first-order chi connectivity index (χ1) is 13.2.